The molecule has 0 aromatic rings. The number of carbonyl (C=O) groups is 1. The third kappa shape index (κ3) is 2.95. The second-order valence-corrected chi connectivity index (χ2v) is 5.80. The van der Waals surface area contributed by atoms with Crippen molar-refractivity contribution in [2.45, 2.75) is 31.5 Å². The fourth-order valence-electron chi connectivity index (χ4n) is 1.62. The van der Waals surface area contributed by atoms with Crippen LogP contribution < -0.4 is 0 Å². The Hall–Kier alpha value is -0.0900. The Labute approximate surface area is 93.6 Å². The summed E-state index contributed by atoms with van der Waals surface area (Å²) in [6, 6.07) is 0. The van der Waals surface area contributed by atoms with Crippen LogP contribution in [0.5, 0.6) is 0 Å². The van der Waals surface area contributed by atoms with E-state index in [1.807, 2.05) is 18.7 Å². The number of likely N-dealkylation sites (tertiary alicyclic amines) is 1. The molecular weight excluding hydrogens is 246 g/mol. The van der Waals surface area contributed by atoms with E-state index in [1.165, 1.54) is 0 Å². The molecule has 0 saturated carbocycles. The Morgan fingerprint density at radius 2 is 2.29 bits per heavy atom. The molecule has 4 heteroatoms. The van der Waals surface area contributed by atoms with Crippen molar-refractivity contribution >= 4 is 21.8 Å². The lowest BCUT2D eigenvalue weighted by atomic mass is 9.93. The van der Waals surface area contributed by atoms with Gasteiger partial charge in [-0.25, -0.2) is 0 Å². The van der Waals surface area contributed by atoms with Gasteiger partial charge in [-0.3, -0.25) is 4.79 Å². The highest BCUT2D eigenvalue weighted by Gasteiger charge is 2.30. The Morgan fingerprint density at radius 3 is 2.86 bits per heavy atom. The van der Waals surface area contributed by atoms with Crippen LogP contribution in [0, 0.1) is 5.41 Å². The van der Waals surface area contributed by atoms with Crippen molar-refractivity contribution in [1.29, 1.82) is 0 Å². The second kappa shape index (κ2) is 4.62. The number of nitrogens with zero attached hydrogens (tertiary/aromatic N) is 1. The van der Waals surface area contributed by atoms with Crippen LogP contribution in [0.1, 0.15) is 26.7 Å². The molecule has 0 radical (unpaired) electrons. The third-order valence-corrected chi connectivity index (χ3v) is 3.36. The molecule has 1 aliphatic heterocycles. The smallest absolute Gasteiger partial charge is 0.236 e. The minimum atomic E-state index is -0.195. The van der Waals surface area contributed by atoms with Gasteiger partial charge in [-0.1, -0.05) is 29.8 Å². The van der Waals surface area contributed by atoms with Gasteiger partial charge in [0, 0.05) is 25.1 Å². The SMILES string of the molecule is CC(C)(CO)CN1CCCC(Br)C1=O. The molecular formula is C10H18BrNO2. The molecule has 0 aromatic carbocycles. The Balaban J connectivity index is 2.55. The lowest BCUT2D eigenvalue weighted by Crippen LogP contribution is -2.46. The van der Waals surface area contributed by atoms with Crippen LogP contribution in [0.3, 0.4) is 0 Å². The summed E-state index contributed by atoms with van der Waals surface area (Å²) >= 11 is 3.37. The lowest BCUT2D eigenvalue weighted by molar-refractivity contribution is -0.134. The standard InChI is InChI=1S/C10H18BrNO2/c1-10(2,7-13)6-12-5-3-4-8(11)9(12)14/h8,13H,3-7H2,1-2H3. The number of amides is 1. The number of halogens is 1. The Bertz CT molecular complexity index is 218. The van der Waals surface area contributed by atoms with Gasteiger partial charge in [0.1, 0.15) is 0 Å². The van der Waals surface area contributed by atoms with E-state index in [9.17, 15) is 4.79 Å². The Kier molecular flexibility index (Phi) is 3.95. The first kappa shape index (κ1) is 12.0. The van der Waals surface area contributed by atoms with Gasteiger partial charge >= 0.3 is 0 Å². The molecule has 1 heterocycles. The molecule has 82 valence electrons. The predicted octanol–water partition coefficient (Wildman–Crippen LogP) is 1.39. The number of hydrogen-bond acceptors (Lipinski definition) is 2. The van der Waals surface area contributed by atoms with Crippen molar-refractivity contribution in [3.63, 3.8) is 0 Å². The summed E-state index contributed by atoms with van der Waals surface area (Å²) in [4.78, 5) is 13.5. The molecule has 1 N–H and O–H groups in total. The zero-order valence-electron chi connectivity index (χ0n) is 8.79. The number of piperidine rings is 1. The van der Waals surface area contributed by atoms with Gasteiger partial charge in [-0.15, -0.1) is 0 Å². The monoisotopic (exact) mass is 263 g/mol. The molecule has 0 spiro atoms. The van der Waals surface area contributed by atoms with Gasteiger partial charge in [0.25, 0.3) is 0 Å². The predicted molar refractivity (Wildman–Crippen MR) is 59.4 cm³/mol. The van der Waals surface area contributed by atoms with E-state index in [4.69, 9.17) is 5.11 Å². The third-order valence-electron chi connectivity index (χ3n) is 2.51. The van der Waals surface area contributed by atoms with Crippen LogP contribution in [0.2, 0.25) is 0 Å². The number of rotatable bonds is 3. The number of hydrogen-bond donors (Lipinski definition) is 1. The van der Waals surface area contributed by atoms with Gasteiger partial charge in [0.2, 0.25) is 5.91 Å². The van der Waals surface area contributed by atoms with E-state index in [-0.39, 0.29) is 22.8 Å². The minimum Gasteiger partial charge on any atom is -0.396 e. The number of aliphatic hydroxyl groups is 1. The molecule has 1 fully saturated rings. The van der Waals surface area contributed by atoms with Crippen LogP contribution in [0.15, 0.2) is 0 Å². The normalized spacial score (nSPS) is 24.1. The summed E-state index contributed by atoms with van der Waals surface area (Å²) in [6.45, 7) is 5.52. The summed E-state index contributed by atoms with van der Waals surface area (Å²) in [5, 5.41) is 9.13. The van der Waals surface area contributed by atoms with Crippen molar-refractivity contribution in [3.05, 3.63) is 0 Å². The summed E-state index contributed by atoms with van der Waals surface area (Å²) in [5.41, 5.74) is -0.195. The van der Waals surface area contributed by atoms with E-state index in [1.54, 1.807) is 0 Å². The van der Waals surface area contributed by atoms with Gasteiger partial charge in [0.15, 0.2) is 0 Å². The van der Waals surface area contributed by atoms with Gasteiger partial charge < -0.3 is 10.0 Å². The highest BCUT2D eigenvalue weighted by molar-refractivity contribution is 9.10. The lowest BCUT2D eigenvalue weighted by Gasteiger charge is -2.35. The summed E-state index contributed by atoms with van der Waals surface area (Å²) in [7, 11) is 0. The van der Waals surface area contributed by atoms with Gasteiger partial charge in [0.05, 0.1) is 4.83 Å². The summed E-state index contributed by atoms with van der Waals surface area (Å²) in [5.74, 6) is 0.165. The van der Waals surface area contributed by atoms with Crippen LogP contribution in [0.4, 0.5) is 0 Å². The topological polar surface area (TPSA) is 40.5 Å². The zero-order chi connectivity index (χ0) is 10.8. The first-order chi connectivity index (χ1) is 6.46. The maximum absolute atomic E-state index is 11.7. The molecule has 1 unspecified atom stereocenters. The van der Waals surface area contributed by atoms with Crippen LogP contribution in [-0.4, -0.2) is 40.4 Å². The van der Waals surface area contributed by atoms with E-state index >= 15 is 0 Å². The average Bonchev–Trinajstić information content (AvgIpc) is 2.13. The molecule has 1 atom stereocenters. The molecule has 1 rings (SSSR count). The van der Waals surface area contributed by atoms with Gasteiger partial charge in [-0.2, -0.15) is 0 Å². The maximum atomic E-state index is 11.7. The summed E-state index contributed by atoms with van der Waals surface area (Å²) in [6.07, 6.45) is 1.97. The van der Waals surface area contributed by atoms with Crippen molar-refractivity contribution in [2.24, 2.45) is 5.41 Å². The Morgan fingerprint density at radius 1 is 1.64 bits per heavy atom. The van der Waals surface area contributed by atoms with Crippen molar-refractivity contribution in [3.8, 4) is 0 Å². The van der Waals surface area contributed by atoms with E-state index in [0.29, 0.717) is 6.54 Å². The van der Waals surface area contributed by atoms with Crippen molar-refractivity contribution in [2.75, 3.05) is 19.7 Å². The molecule has 1 aliphatic rings. The number of aliphatic hydroxyl groups excluding tert-OH is 1. The minimum absolute atomic E-state index is 0.0225. The first-order valence-corrected chi connectivity index (χ1v) is 5.91. The van der Waals surface area contributed by atoms with Gasteiger partial charge in [-0.05, 0) is 12.8 Å². The molecule has 0 aromatic heterocycles. The molecule has 14 heavy (non-hydrogen) atoms. The van der Waals surface area contributed by atoms with Crippen molar-refractivity contribution in [1.82, 2.24) is 4.90 Å². The number of carbonyl (C=O) groups excluding carboxylic acids is 1. The van der Waals surface area contributed by atoms with E-state index < -0.39 is 0 Å². The van der Waals surface area contributed by atoms with Crippen molar-refractivity contribution < 1.29 is 9.90 Å². The molecule has 0 bridgehead atoms. The van der Waals surface area contributed by atoms with Crippen LogP contribution in [0.25, 0.3) is 0 Å². The second-order valence-electron chi connectivity index (χ2n) is 4.69. The van der Waals surface area contributed by atoms with E-state index in [2.05, 4.69) is 15.9 Å². The van der Waals surface area contributed by atoms with Crippen LogP contribution in [-0.2, 0) is 4.79 Å². The summed E-state index contributed by atoms with van der Waals surface area (Å²) < 4.78 is 0. The highest BCUT2D eigenvalue weighted by Crippen LogP contribution is 2.23. The maximum Gasteiger partial charge on any atom is 0.236 e. The average molecular weight is 264 g/mol. The molecule has 1 saturated heterocycles. The largest absolute Gasteiger partial charge is 0.396 e. The first-order valence-electron chi connectivity index (χ1n) is 5.00. The fourth-order valence-corrected chi connectivity index (χ4v) is 2.23. The molecule has 3 nitrogen and oxygen atoms in total. The fraction of sp³-hybridized carbons (Fsp3) is 0.900. The highest BCUT2D eigenvalue weighted by atomic mass is 79.9. The molecule has 0 aliphatic carbocycles. The molecule has 1 amide bonds. The quantitative estimate of drug-likeness (QED) is 0.782. The van der Waals surface area contributed by atoms with Crippen LogP contribution >= 0.6 is 15.9 Å². The zero-order valence-corrected chi connectivity index (χ0v) is 10.4. The van der Waals surface area contributed by atoms with E-state index in [0.717, 1.165) is 19.4 Å². The number of alkyl halides is 1.